The standard InChI is InChI=1S/2C20H16O.C16H16.4C14H12.C8H8O/c2*1-15(21)18-12-19(16-8-4-2-5-9-16)14-20(13-18)17-10-6-3-7-11-17;1-11-8-9-15-13(10-11)12-6-4-5-7-14(12)16(15,2)3;1-10-11-6-2-4-8-13(11)14-9-5-3-7-12(10)14;1-10-5-4-7-12-9-11-6-2-3-8-13(11)14(10)12;1-10-6-7-14-12(8-10)9-11-4-2-3-5-13(11)14;1-10-6-7-12-9-11-4-2-3-5-13(11)14(12)8-10;1-7(9)8-5-3-2-4-6-8/h2*2-14H,1H3;4-10H,1-3H3;2-10H,1H3;3*2-8H,9H2,1H3;2-6H,1H3. The Balaban J connectivity index is 0.000000110. The molecule has 17 aromatic carbocycles. The molecule has 0 unspecified atom stereocenters. The largest absolute Gasteiger partial charge is 0.295 e. The molecule has 0 atom stereocenters. The first-order valence-electron chi connectivity index (χ1n) is 42.8. The van der Waals surface area contributed by atoms with Crippen LogP contribution < -0.4 is 0 Å². The minimum atomic E-state index is 0.0879. The summed E-state index contributed by atoms with van der Waals surface area (Å²) < 4.78 is 0. The van der Waals surface area contributed by atoms with Gasteiger partial charge in [-0.25, -0.2) is 0 Å². The van der Waals surface area contributed by atoms with Crippen molar-refractivity contribution in [2.45, 2.75) is 99.8 Å². The van der Waals surface area contributed by atoms with Gasteiger partial charge in [0.25, 0.3) is 0 Å². The number of benzene rings is 17. The third kappa shape index (κ3) is 19.5. The third-order valence-electron chi connectivity index (χ3n) is 24.1. The molecule has 3 heteroatoms. The summed E-state index contributed by atoms with van der Waals surface area (Å²) in [4.78, 5) is 34.3. The predicted octanol–water partition coefficient (Wildman–Crippen LogP) is 31.2. The van der Waals surface area contributed by atoms with Crippen LogP contribution in [0.5, 0.6) is 0 Å². The fraction of sp³-hybridized carbons (Fsp3) is 0.125. The Morgan fingerprint density at radius 3 is 1.03 bits per heavy atom. The van der Waals surface area contributed by atoms with E-state index in [1.54, 1.807) is 20.8 Å². The molecular weight excluding hydrogens is 1490 g/mol. The Morgan fingerprint density at radius 2 is 0.561 bits per heavy atom. The fourth-order valence-electron chi connectivity index (χ4n) is 17.7. The maximum Gasteiger partial charge on any atom is 0.159 e. The van der Waals surface area contributed by atoms with E-state index in [9.17, 15) is 14.4 Å². The summed E-state index contributed by atoms with van der Waals surface area (Å²) in [5.41, 5.74) is 45.5. The monoisotopic (exact) mass is 1590 g/mol. The van der Waals surface area contributed by atoms with E-state index in [-0.39, 0.29) is 22.8 Å². The Morgan fingerprint density at radius 1 is 0.236 bits per heavy atom. The van der Waals surface area contributed by atoms with Crippen LogP contribution in [0.15, 0.2) is 406 Å². The number of Topliss-reactive ketones (excluding diaryl/α,β-unsaturated/α-hetero) is 3. The quantitative estimate of drug-likeness (QED) is 0.149. The zero-order valence-corrected chi connectivity index (χ0v) is 72.1. The molecule has 0 aliphatic heterocycles. The second kappa shape index (κ2) is 38.4. The molecule has 602 valence electrons. The summed E-state index contributed by atoms with van der Waals surface area (Å²) in [7, 11) is 0. The number of rotatable bonds is 7. The molecule has 0 radical (unpaired) electrons. The Bertz CT molecular complexity index is 6320. The first-order valence-corrected chi connectivity index (χ1v) is 42.8. The maximum atomic E-state index is 11.8. The average molecular weight is 1590 g/mol. The molecule has 0 saturated heterocycles. The lowest BCUT2D eigenvalue weighted by molar-refractivity contribution is 0.100. The van der Waals surface area contributed by atoms with E-state index in [0.717, 1.165) is 80.5 Å². The average Bonchev–Trinajstić information content (AvgIpc) is 1.59. The van der Waals surface area contributed by atoms with Crippen LogP contribution in [0.25, 0.3) is 100 Å². The summed E-state index contributed by atoms with van der Waals surface area (Å²) in [6.45, 7) is 20.4. The van der Waals surface area contributed by atoms with Crippen molar-refractivity contribution >= 4 is 17.3 Å². The number of hydrogen-bond acceptors (Lipinski definition) is 3. The van der Waals surface area contributed by atoms with Crippen LogP contribution in [0, 0.1) is 27.7 Å². The van der Waals surface area contributed by atoms with Crippen molar-refractivity contribution in [1.29, 1.82) is 0 Å². The molecule has 0 heterocycles. The van der Waals surface area contributed by atoms with E-state index >= 15 is 0 Å². The summed E-state index contributed by atoms with van der Waals surface area (Å²) >= 11 is 0. The lowest BCUT2D eigenvalue weighted by Crippen LogP contribution is -2.14. The van der Waals surface area contributed by atoms with E-state index in [2.05, 4.69) is 328 Å². The van der Waals surface area contributed by atoms with Gasteiger partial charge in [-0.15, -0.1) is 0 Å². The van der Waals surface area contributed by atoms with Crippen LogP contribution in [0.2, 0.25) is 0 Å². The maximum absolute atomic E-state index is 11.8. The van der Waals surface area contributed by atoms with Gasteiger partial charge in [-0.05, 0) is 265 Å². The van der Waals surface area contributed by atoms with Gasteiger partial charge in [0.1, 0.15) is 0 Å². The van der Waals surface area contributed by atoms with Gasteiger partial charge in [-0.1, -0.05) is 408 Å². The van der Waals surface area contributed by atoms with Crippen molar-refractivity contribution in [3.8, 4) is 100 Å². The molecule has 0 spiro atoms. The third-order valence-corrected chi connectivity index (χ3v) is 24.1. The van der Waals surface area contributed by atoms with Crippen LogP contribution in [0.1, 0.15) is 156 Å². The highest BCUT2D eigenvalue weighted by Crippen LogP contribution is 2.49. The topological polar surface area (TPSA) is 51.2 Å². The lowest BCUT2D eigenvalue weighted by atomic mass is 9.82. The summed E-state index contributed by atoms with van der Waals surface area (Å²) in [6.07, 6.45) is 3.31. The minimum absolute atomic E-state index is 0.0879. The highest BCUT2D eigenvalue weighted by atomic mass is 16.1. The predicted molar refractivity (Wildman–Crippen MR) is 517 cm³/mol. The molecule has 0 bridgehead atoms. The first kappa shape index (κ1) is 83.8. The molecule has 123 heavy (non-hydrogen) atoms. The van der Waals surface area contributed by atoms with E-state index in [4.69, 9.17) is 0 Å². The Kier molecular flexibility index (Phi) is 26.2. The van der Waals surface area contributed by atoms with E-state index in [1.165, 1.54) is 134 Å². The highest BCUT2D eigenvalue weighted by Gasteiger charge is 2.35. The van der Waals surface area contributed by atoms with Gasteiger partial charge in [-0.2, -0.15) is 0 Å². The van der Waals surface area contributed by atoms with Gasteiger partial charge in [0, 0.05) is 28.0 Å². The zero-order valence-electron chi connectivity index (χ0n) is 72.1. The van der Waals surface area contributed by atoms with Crippen molar-refractivity contribution in [3.63, 3.8) is 0 Å². The van der Waals surface area contributed by atoms with Gasteiger partial charge in [0.05, 0.1) is 0 Å². The molecule has 5 aliphatic rings. The number of carbonyl (C=O) groups is 3. The van der Waals surface area contributed by atoms with Gasteiger partial charge < -0.3 is 0 Å². The first-order chi connectivity index (χ1) is 59.8. The van der Waals surface area contributed by atoms with Crippen LogP contribution in [0.3, 0.4) is 0 Å². The van der Waals surface area contributed by atoms with Crippen LogP contribution >= 0.6 is 0 Å². The van der Waals surface area contributed by atoms with Crippen molar-refractivity contribution in [2.75, 3.05) is 0 Å². The smallest absolute Gasteiger partial charge is 0.159 e. The van der Waals surface area contributed by atoms with Crippen molar-refractivity contribution in [2.24, 2.45) is 0 Å². The second-order valence-electron chi connectivity index (χ2n) is 33.1. The van der Waals surface area contributed by atoms with E-state index < -0.39 is 0 Å². The second-order valence-corrected chi connectivity index (χ2v) is 33.1. The molecule has 0 fully saturated rings. The minimum Gasteiger partial charge on any atom is -0.295 e. The number of carbonyl (C=O) groups excluding carboxylic acids is 3. The van der Waals surface area contributed by atoms with Gasteiger partial charge in [0.2, 0.25) is 0 Å². The van der Waals surface area contributed by atoms with Crippen LogP contribution in [-0.4, -0.2) is 17.3 Å². The number of fused-ring (bicyclic) bond motifs is 15. The number of ketones is 3. The van der Waals surface area contributed by atoms with E-state index in [0.29, 0.717) is 5.92 Å². The summed E-state index contributed by atoms with van der Waals surface area (Å²) in [5.74, 6) is 0.855. The number of aryl methyl sites for hydroxylation is 4. The number of hydrogen-bond donors (Lipinski definition) is 0. The molecular formula is C120H104O3. The highest BCUT2D eigenvalue weighted by molar-refractivity contribution is 5.98. The van der Waals surface area contributed by atoms with Crippen molar-refractivity contribution in [3.05, 3.63) is 501 Å². The Labute approximate surface area is 727 Å². The van der Waals surface area contributed by atoms with Gasteiger partial charge >= 0.3 is 0 Å². The van der Waals surface area contributed by atoms with Crippen LogP contribution in [-0.2, 0) is 24.7 Å². The fourth-order valence-corrected chi connectivity index (χ4v) is 17.7. The van der Waals surface area contributed by atoms with E-state index in [1.807, 2.05) is 127 Å². The van der Waals surface area contributed by atoms with Crippen molar-refractivity contribution in [1.82, 2.24) is 0 Å². The van der Waals surface area contributed by atoms with Gasteiger partial charge in [-0.3, -0.25) is 14.4 Å². The lowest BCUT2D eigenvalue weighted by Gasteiger charge is -2.21. The molecule has 0 aromatic heterocycles. The Hall–Kier alpha value is -14.3. The molecule has 0 saturated carbocycles. The molecule has 0 N–H and O–H groups in total. The summed E-state index contributed by atoms with van der Waals surface area (Å²) in [6, 6.07) is 141. The normalized spacial score (nSPS) is 12.0. The molecule has 0 amide bonds. The zero-order chi connectivity index (χ0) is 85.5. The molecule has 22 rings (SSSR count). The van der Waals surface area contributed by atoms with Crippen LogP contribution in [0.4, 0.5) is 0 Å². The van der Waals surface area contributed by atoms with Crippen molar-refractivity contribution < 1.29 is 14.4 Å². The SMILES string of the molecule is CC(=O)c1cc(-c2ccccc2)cc(-c2ccccc2)c1.CC(=O)c1cc(-c2ccccc2)cc(-c2ccccc2)c1.CC(=O)c1ccccc1.CC1c2ccccc2-c2ccccc21.Cc1ccc2c(c1)-c1ccccc1C2.Cc1ccc2c(c1)-c1ccccc1C2(C)C.Cc1ccc2c(c1)Cc1ccccc1-2.Cc1cccc2c1-c1ccccc1C2. The summed E-state index contributed by atoms with van der Waals surface area (Å²) in [5, 5.41) is 0. The molecule has 5 aliphatic carbocycles. The molecule has 3 nitrogen and oxygen atoms in total. The molecule has 17 aromatic rings. The van der Waals surface area contributed by atoms with Gasteiger partial charge in [0.15, 0.2) is 17.3 Å².